The Kier molecular flexibility index (Phi) is 5.27. The molecular formula is C9H13NO3. The number of carbonyl (C=O) groups is 2. The highest BCUT2D eigenvalue weighted by molar-refractivity contribution is 5.94. The number of carbonyl (C=O) groups excluding carboxylic acids is 2. The average molecular weight is 183 g/mol. The minimum atomic E-state index is -0.540. The Morgan fingerprint density at radius 3 is 2.38 bits per heavy atom. The number of methoxy groups -OCH3 is 1. The molecular weight excluding hydrogens is 170 g/mol. The van der Waals surface area contributed by atoms with Crippen LogP contribution in [-0.2, 0) is 14.3 Å². The normalized spacial score (nSPS) is 10.7. The van der Waals surface area contributed by atoms with Crippen molar-refractivity contribution >= 4 is 11.9 Å². The third kappa shape index (κ3) is 4.79. The molecule has 4 nitrogen and oxygen atoms in total. The lowest BCUT2D eigenvalue weighted by molar-refractivity contribution is -0.135. The van der Waals surface area contributed by atoms with Crippen LogP contribution in [0, 0.1) is 0 Å². The molecule has 1 amide bonds. The minimum Gasteiger partial charge on any atom is -0.466 e. The van der Waals surface area contributed by atoms with Crippen molar-refractivity contribution in [2.75, 3.05) is 14.2 Å². The number of amides is 1. The van der Waals surface area contributed by atoms with E-state index < -0.39 is 5.97 Å². The number of nitrogens with zero attached hydrogens (tertiary/aromatic N) is 1. The fraction of sp³-hybridized carbons (Fsp3) is 0.333. The highest BCUT2D eigenvalue weighted by Gasteiger charge is 2.00. The summed E-state index contributed by atoms with van der Waals surface area (Å²) in [7, 11) is 2.86. The van der Waals surface area contributed by atoms with Gasteiger partial charge in [0.05, 0.1) is 7.11 Å². The highest BCUT2D eigenvalue weighted by Crippen LogP contribution is 1.89. The SMILES string of the molecule is C/C=C/N(C)C(=O)/C=C/C(=O)OC. The van der Waals surface area contributed by atoms with Crippen LogP contribution in [0.5, 0.6) is 0 Å². The van der Waals surface area contributed by atoms with Gasteiger partial charge < -0.3 is 9.64 Å². The predicted octanol–water partition coefficient (Wildman–Crippen LogP) is 0.708. The molecule has 0 aliphatic carbocycles. The van der Waals surface area contributed by atoms with Crippen LogP contribution in [0.2, 0.25) is 0 Å². The second kappa shape index (κ2) is 5.99. The van der Waals surface area contributed by atoms with Gasteiger partial charge in [0, 0.05) is 25.4 Å². The van der Waals surface area contributed by atoms with E-state index in [-0.39, 0.29) is 5.91 Å². The first-order chi connectivity index (χ1) is 6.11. The van der Waals surface area contributed by atoms with E-state index in [2.05, 4.69) is 4.74 Å². The molecule has 0 spiro atoms. The molecule has 4 heteroatoms. The molecule has 0 radical (unpaired) electrons. The number of ether oxygens (including phenoxy) is 1. The quantitative estimate of drug-likeness (QED) is 0.478. The lowest BCUT2D eigenvalue weighted by Gasteiger charge is -2.07. The van der Waals surface area contributed by atoms with Crippen LogP contribution in [0.4, 0.5) is 0 Å². The summed E-state index contributed by atoms with van der Waals surface area (Å²) in [6.07, 6.45) is 5.57. The lowest BCUT2D eigenvalue weighted by Crippen LogP contribution is -2.18. The van der Waals surface area contributed by atoms with Gasteiger partial charge in [0.15, 0.2) is 0 Å². The molecule has 0 bridgehead atoms. The Morgan fingerprint density at radius 1 is 1.31 bits per heavy atom. The molecule has 0 aromatic heterocycles. The van der Waals surface area contributed by atoms with Crippen LogP contribution in [0.15, 0.2) is 24.4 Å². The smallest absolute Gasteiger partial charge is 0.330 e. The number of rotatable bonds is 3. The summed E-state index contributed by atoms with van der Waals surface area (Å²) in [6.45, 7) is 1.80. The standard InChI is InChI=1S/C9H13NO3/c1-4-7-10(2)8(11)5-6-9(12)13-3/h4-7H,1-3H3/b6-5+,7-4+. The summed E-state index contributed by atoms with van der Waals surface area (Å²) in [5.74, 6) is -0.814. The van der Waals surface area contributed by atoms with Crippen LogP contribution in [0.25, 0.3) is 0 Å². The maximum absolute atomic E-state index is 11.1. The Balaban J connectivity index is 4.14. The Labute approximate surface area is 77.5 Å². The summed E-state index contributed by atoms with van der Waals surface area (Å²) < 4.78 is 4.33. The minimum absolute atomic E-state index is 0.275. The van der Waals surface area contributed by atoms with Crippen LogP contribution in [0.3, 0.4) is 0 Å². The number of hydrogen-bond acceptors (Lipinski definition) is 3. The molecule has 0 unspecified atom stereocenters. The Bertz CT molecular complexity index is 243. The first kappa shape index (κ1) is 11.4. The molecule has 0 aliphatic rings. The Morgan fingerprint density at radius 2 is 1.92 bits per heavy atom. The van der Waals surface area contributed by atoms with Crippen molar-refractivity contribution in [3.05, 3.63) is 24.4 Å². The molecule has 0 rings (SSSR count). The summed E-state index contributed by atoms with van der Waals surface area (Å²) in [5, 5.41) is 0. The summed E-state index contributed by atoms with van der Waals surface area (Å²) >= 11 is 0. The van der Waals surface area contributed by atoms with E-state index in [0.717, 1.165) is 12.2 Å². The maximum Gasteiger partial charge on any atom is 0.330 e. The van der Waals surface area contributed by atoms with Gasteiger partial charge in [0.1, 0.15) is 0 Å². The zero-order valence-electron chi connectivity index (χ0n) is 7.98. The fourth-order valence-electron chi connectivity index (χ4n) is 0.622. The number of likely N-dealkylation sites (N-methyl/N-ethyl adjacent to an activating group) is 1. The van der Waals surface area contributed by atoms with Gasteiger partial charge in [-0.2, -0.15) is 0 Å². The second-order valence-corrected chi connectivity index (χ2v) is 2.29. The summed E-state index contributed by atoms with van der Waals surface area (Å²) in [6, 6.07) is 0. The van der Waals surface area contributed by atoms with Gasteiger partial charge in [-0.1, -0.05) is 6.08 Å². The zero-order valence-corrected chi connectivity index (χ0v) is 7.98. The Hall–Kier alpha value is -1.58. The van der Waals surface area contributed by atoms with E-state index in [9.17, 15) is 9.59 Å². The molecule has 0 aliphatic heterocycles. The van der Waals surface area contributed by atoms with E-state index in [4.69, 9.17) is 0 Å². The molecule has 0 saturated heterocycles. The van der Waals surface area contributed by atoms with Gasteiger partial charge in [0.2, 0.25) is 5.91 Å². The van der Waals surface area contributed by atoms with E-state index >= 15 is 0 Å². The van der Waals surface area contributed by atoms with Crippen molar-refractivity contribution in [3.8, 4) is 0 Å². The third-order valence-electron chi connectivity index (χ3n) is 1.28. The van der Waals surface area contributed by atoms with Gasteiger partial charge in [-0.05, 0) is 6.92 Å². The van der Waals surface area contributed by atoms with Gasteiger partial charge in [0.25, 0.3) is 0 Å². The zero-order chi connectivity index (χ0) is 10.3. The van der Waals surface area contributed by atoms with Gasteiger partial charge in [-0.3, -0.25) is 4.79 Å². The first-order valence-electron chi connectivity index (χ1n) is 3.77. The van der Waals surface area contributed by atoms with E-state index in [1.807, 2.05) is 0 Å². The molecule has 0 saturated carbocycles. The number of esters is 1. The number of allylic oxidation sites excluding steroid dienone is 1. The maximum atomic E-state index is 11.1. The molecule has 13 heavy (non-hydrogen) atoms. The van der Waals surface area contributed by atoms with Crippen molar-refractivity contribution in [1.29, 1.82) is 0 Å². The molecule has 0 N–H and O–H groups in total. The summed E-state index contributed by atoms with van der Waals surface area (Å²) in [4.78, 5) is 23.1. The van der Waals surface area contributed by atoms with Crippen LogP contribution < -0.4 is 0 Å². The van der Waals surface area contributed by atoms with Crippen molar-refractivity contribution in [3.63, 3.8) is 0 Å². The number of hydrogen-bond donors (Lipinski definition) is 0. The van der Waals surface area contributed by atoms with E-state index in [1.54, 1.807) is 26.2 Å². The van der Waals surface area contributed by atoms with Crippen LogP contribution in [-0.4, -0.2) is 30.9 Å². The van der Waals surface area contributed by atoms with E-state index in [1.165, 1.54) is 12.0 Å². The van der Waals surface area contributed by atoms with Crippen LogP contribution in [0.1, 0.15) is 6.92 Å². The van der Waals surface area contributed by atoms with Gasteiger partial charge >= 0.3 is 5.97 Å². The summed E-state index contributed by atoms with van der Waals surface area (Å²) in [5.41, 5.74) is 0. The molecule has 0 aromatic carbocycles. The van der Waals surface area contributed by atoms with Gasteiger partial charge in [-0.25, -0.2) is 4.79 Å². The predicted molar refractivity (Wildman–Crippen MR) is 48.7 cm³/mol. The largest absolute Gasteiger partial charge is 0.466 e. The van der Waals surface area contributed by atoms with Crippen molar-refractivity contribution in [2.24, 2.45) is 0 Å². The molecule has 72 valence electrons. The van der Waals surface area contributed by atoms with Crippen molar-refractivity contribution in [1.82, 2.24) is 4.90 Å². The highest BCUT2D eigenvalue weighted by atomic mass is 16.5. The molecule has 0 aromatic rings. The van der Waals surface area contributed by atoms with Crippen molar-refractivity contribution in [2.45, 2.75) is 6.92 Å². The van der Waals surface area contributed by atoms with Crippen molar-refractivity contribution < 1.29 is 14.3 Å². The lowest BCUT2D eigenvalue weighted by atomic mass is 10.4. The monoisotopic (exact) mass is 183 g/mol. The fourth-order valence-corrected chi connectivity index (χ4v) is 0.622. The third-order valence-corrected chi connectivity index (χ3v) is 1.28. The average Bonchev–Trinajstić information content (AvgIpc) is 2.13. The van der Waals surface area contributed by atoms with Gasteiger partial charge in [-0.15, -0.1) is 0 Å². The van der Waals surface area contributed by atoms with E-state index in [0.29, 0.717) is 0 Å². The topological polar surface area (TPSA) is 46.6 Å². The second-order valence-electron chi connectivity index (χ2n) is 2.29. The first-order valence-corrected chi connectivity index (χ1v) is 3.77. The molecule has 0 atom stereocenters. The molecule has 0 heterocycles. The van der Waals surface area contributed by atoms with Crippen LogP contribution >= 0.6 is 0 Å². The molecule has 0 fully saturated rings.